The van der Waals surface area contributed by atoms with Gasteiger partial charge in [0.25, 0.3) is 5.91 Å². The lowest BCUT2D eigenvalue weighted by molar-refractivity contribution is -0.175. The number of carbonyl (C=O) groups is 1. The highest BCUT2D eigenvalue weighted by Gasteiger charge is 2.40. The molecule has 0 bridgehead atoms. The second-order valence-electron chi connectivity index (χ2n) is 3.92. The summed E-state index contributed by atoms with van der Waals surface area (Å²) in [6.07, 6.45) is 0.461. The minimum Gasteiger partial charge on any atom is -0.375 e. The molecule has 1 saturated heterocycles. The first kappa shape index (κ1) is 11.1. The SMILES string of the molecule is NC(=O)C1(Cc2ccccc2)COCCO1. The van der Waals surface area contributed by atoms with Crippen molar-refractivity contribution in [3.05, 3.63) is 35.9 Å². The molecule has 4 heteroatoms. The van der Waals surface area contributed by atoms with Crippen molar-refractivity contribution < 1.29 is 14.3 Å². The molecule has 86 valence electrons. The fourth-order valence-corrected chi connectivity index (χ4v) is 1.83. The van der Waals surface area contributed by atoms with Crippen molar-refractivity contribution in [2.45, 2.75) is 12.0 Å². The van der Waals surface area contributed by atoms with E-state index in [2.05, 4.69) is 0 Å². The van der Waals surface area contributed by atoms with Gasteiger partial charge in [0, 0.05) is 6.42 Å². The third kappa shape index (κ3) is 2.23. The minimum atomic E-state index is -1.00. The monoisotopic (exact) mass is 221 g/mol. The van der Waals surface area contributed by atoms with Gasteiger partial charge in [0.1, 0.15) is 0 Å². The molecular formula is C12H15NO3. The lowest BCUT2D eigenvalue weighted by atomic mass is 9.93. The Hall–Kier alpha value is -1.39. The Bertz CT molecular complexity index is 358. The summed E-state index contributed by atoms with van der Waals surface area (Å²) < 4.78 is 10.8. The van der Waals surface area contributed by atoms with Crippen LogP contribution in [0.1, 0.15) is 5.56 Å². The molecule has 1 aromatic rings. The first-order valence-corrected chi connectivity index (χ1v) is 5.28. The summed E-state index contributed by atoms with van der Waals surface area (Å²) in [5.41, 5.74) is 5.43. The van der Waals surface area contributed by atoms with Crippen molar-refractivity contribution in [3.63, 3.8) is 0 Å². The zero-order chi connectivity index (χ0) is 11.4. The molecule has 0 radical (unpaired) electrons. The molecule has 1 atom stereocenters. The van der Waals surface area contributed by atoms with E-state index < -0.39 is 11.5 Å². The van der Waals surface area contributed by atoms with Gasteiger partial charge in [-0.25, -0.2) is 0 Å². The molecule has 1 aliphatic rings. The Labute approximate surface area is 94.3 Å². The van der Waals surface area contributed by atoms with Gasteiger partial charge in [0.05, 0.1) is 19.8 Å². The summed E-state index contributed by atoms with van der Waals surface area (Å²) in [7, 11) is 0. The topological polar surface area (TPSA) is 61.6 Å². The predicted molar refractivity (Wildman–Crippen MR) is 58.8 cm³/mol. The number of hydrogen-bond donors (Lipinski definition) is 1. The lowest BCUT2D eigenvalue weighted by Crippen LogP contribution is -2.54. The highest BCUT2D eigenvalue weighted by Crippen LogP contribution is 2.21. The number of ether oxygens (including phenoxy) is 2. The number of amides is 1. The van der Waals surface area contributed by atoms with E-state index in [1.807, 2.05) is 30.3 Å². The van der Waals surface area contributed by atoms with E-state index in [4.69, 9.17) is 15.2 Å². The number of benzene rings is 1. The maximum atomic E-state index is 11.5. The van der Waals surface area contributed by atoms with Crippen LogP contribution in [0.3, 0.4) is 0 Å². The summed E-state index contributed by atoms with van der Waals surface area (Å²) in [6, 6.07) is 9.67. The fraction of sp³-hybridized carbons (Fsp3) is 0.417. The van der Waals surface area contributed by atoms with Crippen LogP contribution in [-0.4, -0.2) is 31.3 Å². The zero-order valence-corrected chi connectivity index (χ0v) is 9.02. The Morgan fingerprint density at radius 1 is 1.31 bits per heavy atom. The van der Waals surface area contributed by atoms with Crippen molar-refractivity contribution in [2.75, 3.05) is 19.8 Å². The molecule has 1 heterocycles. The molecule has 16 heavy (non-hydrogen) atoms. The molecule has 2 rings (SSSR count). The van der Waals surface area contributed by atoms with Gasteiger partial charge in [0.2, 0.25) is 0 Å². The average Bonchev–Trinajstić information content (AvgIpc) is 2.31. The molecule has 0 saturated carbocycles. The average molecular weight is 221 g/mol. The Morgan fingerprint density at radius 3 is 2.62 bits per heavy atom. The van der Waals surface area contributed by atoms with Crippen molar-refractivity contribution in [1.29, 1.82) is 0 Å². The van der Waals surface area contributed by atoms with Gasteiger partial charge in [-0.15, -0.1) is 0 Å². The number of primary amides is 1. The molecule has 1 amide bonds. The Balaban J connectivity index is 2.17. The van der Waals surface area contributed by atoms with E-state index >= 15 is 0 Å². The van der Waals surface area contributed by atoms with Crippen molar-refractivity contribution in [2.24, 2.45) is 5.73 Å². The van der Waals surface area contributed by atoms with Crippen LogP contribution in [-0.2, 0) is 20.7 Å². The van der Waals surface area contributed by atoms with Crippen LogP contribution >= 0.6 is 0 Å². The van der Waals surface area contributed by atoms with Gasteiger partial charge in [-0.1, -0.05) is 30.3 Å². The van der Waals surface area contributed by atoms with Crippen LogP contribution in [0.2, 0.25) is 0 Å². The van der Waals surface area contributed by atoms with Crippen molar-refractivity contribution in [1.82, 2.24) is 0 Å². The Kier molecular flexibility index (Phi) is 3.22. The van der Waals surface area contributed by atoms with E-state index in [0.29, 0.717) is 19.6 Å². The molecule has 4 nitrogen and oxygen atoms in total. The number of hydrogen-bond acceptors (Lipinski definition) is 3. The largest absolute Gasteiger partial charge is 0.375 e. The first-order chi connectivity index (χ1) is 7.73. The molecule has 1 aliphatic heterocycles. The summed E-state index contributed by atoms with van der Waals surface area (Å²) in [5, 5.41) is 0. The van der Waals surface area contributed by atoms with Gasteiger partial charge in [0.15, 0.2) is 5.60 Å². The van der Waals surface area contributed by atoms with Gasteiger partial charge in [-0.2, -0.15) is 0 Å². The summed E-state index contributed by atoms with van der Waals surface area (Å²) in [5.74, 6) is -0.462. The predicted octanol–water partition coefficient (Wildman–Crippen LogP) is 0.500. The number of nitrogens with two attached hydrogens (primary N) is 1. The second kappa shape index (κ2) is 4.63. The minimum absolute atomic E-state index is 0.233. The van der Waals surface area contributed by atoms with Crippen molar-refractivity contribution >= 4 is 5.91 Å². The highest BCUT2D eigenvalue weighted by molar-refractivity contribution is 5.84. The van der Waals surface area contributed by atoms with E-state index in [9.17, 15) is 4.79 Å². The third-order valence-electron chi connectivity index (χ3n) is 2.72. The molecule has 1 fully saturated rings. The Morgan fingerprint density at radius 2 is 2.06 bits per heavy atom. The molecule has 1 aromatic carbocycles. The van der Waals surface area contributed by atoms with E-state index in [1.165, 1.54) is 0 Å². The molecule has 0 spiro atoms. The van der Waals surface area contributed by atoms with Gasteiger partial charge >= 0.3 is 0 Å². The molecular weight excluding hydrogens is 206 g/mol. The van der Waals surface area contributed by atoms with Gasteiger partial charge < -0.3 is 15.2 Å². The van der Waals surface area contributed by atoms with Crippen LogP contribution in [0.15, 0.2) is 30.3 Å². The highest BCUT2D eigenvalue weighted by atomic mass is 16.6. The fourth-order valence-electron chi connectivity index (χ4n) is 1.83. The summed E-state index contributed by atoms with van der Waals surface area (Å²) in [6.45, 7) is 1.16. The zero-order valence-electron chi connectivity index (χ0n) is 9.02. The van der Waals surface area contributed by atoms with Gasteiger partial charge in [-0.05, 0) is 5.56 Å². The molecule has 0 aromatic heterocycles. The van der Waals surface area contributed by atoms with Crippen LogP contribution in [0, 0.1) is 0 Å². The van der Waals surface area contributed by atoms with Crippen LogP contribution in [0.4, 0.5) is 0 Å². The van der Waals surface area contributed by atoms with Crippen molar-refractivity contribution in [3.8, 4) is 0 Å². The van der Waals surface area contributed by atoms with Crippen LogP contribution in [0.25, 0.3) is 0 Å². The quantitative estimate of drug-likeness (QED) is 0.808. The first-order valence-electron chi connectivity index (χ1n) is 5.28. The number of carbonyl (C=O) groups excluding carboxylic acids is 1. The van der Waals surface area contributed by atoms with Crippen LogP contribution in [0.5, 0.6) is 0 Å². The van der Waals surface area contributed by atoms with Gasteiger partial charge in [-0.3, -0.25) is 4.79 Å². The summed E-state index contributed by atoms with van der Waals surface area (Å²) in [4.78, 5) is 11.5. The lowest BCUT2D eigenvalue weighted by Gasteiger charge is -2.34. The molecule has 0 aliphatic carbocycles. The second-order valence-corrected chi connectivity index (χ2v) is 3.92. The molecule has 1 unspecified atom stereocenters. The van der Waals surface area contributed by atoms with E-state index in [-0.39, 0.29) is 6.61 Å². The maximum absolute atomic E-state index is 11.5. The smallest absolute Gasteiger partial charge is 0.252 e. The van der Waals surface area contributed by atoms with E-state index in [0.717, 1.165) is 5.56 Å². The molecule has 2 N–H and O–H groups in total. The normalized spacial score (nSPS) is 25.2. The van der Waals surface area contributed by atoms with Crippen LogP contribution < -0.4 is 5.73 Å². The third-order valence-corrected chi connectivity index (χ3v) is 2.72. The standard InChI is InChI=1S/C12H15NO3/c13-11(14)12(9-15-6-7-16-12)8-10-4-2-1-3-5-10/h1-5H,6-9H2,(H2,13,14). The number of rotatable bonds is 3. The van der Waals surface area contributed by atoms with E-state index in [1.54, 1.807) is 0 Å². The maximum Gasteiger partial charge on any atom is 0.252 e. The summed E-state index contributed by atoms with van der Waals surface area (Å²) >= 11 is 0.